The molecule has 0 fully saturated rings. The van der Waals surface area contributed by atoms with E-state index in [1.54, 1.807) is 10.6 Å². The zero-order valence-electron chi connectivity index (χ0n) is 17.7. The van der Waals surface area contributed by atoms with Crippen LogP contribution in [0.15, 0.2) is 38.4 Å². The summed E-state index contributed by atoms with van der Waals surface area (Å²) in [4.78, 5) is 43.3. The van der Waals surface area contributed by atoms with E-state index in [1.165, 1.54) is 0 Å². The minimum Gasteiger partial charge on any atom is -0.339 e. The van der Waals surface area contributed by atoms with Crippen LogP contribution in [0, 0.1) is 0 Å². The smallest absolute Gasteiger partial charge is 0.331 e. The topological polar surface area (TPSA) is 112 Å². The van der Waals surface area contributed by atoms with Crippen molar-refractivity contribution in [3.63, 3.8) is 0 Å². The van der Waals surface area contributed by atoms with Gasteiger partial charge in [0.15, 0.2) is 0 Å². The molecule has 0 atom stereocenters. The number of rotatable bonds is 6. The molecule has 1 aliphatic heterocycles. The Labute approximate surface area is 178 Å². The number of nitrogens with one attached hydrogen (secondary N) is 1. The molecule has 2 aromatic heterocycles. The number of aromatic nitrogens is 4. The molecule has 9 nitrogen and oxygen atoms in total. The molecule has 3 heterocycles. The van der Waals surface area contributed by atoms with Gasteiger partial charge >= 0.3 is 5.69 Å². The molecule has 0 saturated heterocycles. The van der Waals surface area contributed by atoms with Crippen molar-refractivity contribution in [2.24, 2.45) is 0 Å². The number of aryl methyl sites for hydroxylation is 2. The predicted octanol–water partition coefficient (Wildman–Crippen LogP) is 2.16. The van der Waals surface area contributed by atoms with Gasteiger partial charge in [-0.25, -0.2) is 4.79 Å². The number of anilines is 1. The summed E-state index contributed by atoms with van der Waals surface area (Å²) in [5.74, 6) is 0.129. The fourth-order valence-electron chi connectivity index (χ4n) is 3.87. The largest absolute Gasteiger partial charge is 0.339 e. The van der Waals surface area contributed by atoms with Gasteiger partial charge in [-0.2, -0.15) is 4.98 Å². The molecule has 3 aromatic rings. The summed E-state index contributed by atoms with van der Waals surface area (Å²) >= 11 is 0. The van der Waals surface area contributed by atoms with E-state index in [4.69, 9.17) is 4.52 Å². The van der Waals surface area contributed by atoms with Crippen molar-refractivity contribution in [1.82, 2.24) is 19.3 Å². The van der Waals surface area contributed by atoms with Gasteiger partial charge in [0.25, 0.3) is 5.56 Å². The lowest BCUT2D eigenvalue weighted by atomic mass is 10.0. The maximum Gasteiger partial charge on any atom is 0.331 e. The van der Waals surface area contributed by atoms with Crippen molar-refractivity contribution in [2.75, 3.05) is 5.32 Å². The molecule has 0 spiro atoms. The van der Waals surface area contributed by atoms with Gasteiger partial charge in [-0.1, -0.05) is 31.1 Å². The third kappa shape index (κ3) is 4.08. The van der Waals surface area contributed by atoms with E-state index in [9.17, 15) is 14.4 Å². The van der Waals surface area contributed by atoms with Gasteiger partial charge in [0, 0.05) is 24.3 Å². The molecule has 9 heteroatoms. The second-order valence-electron chi connectivity index (χ2n) is 7.57. The first kappa shape index (κ1) is 20.8. The number of hydrogen-bond acceptors (Lipinski definition) is 6. The SMILES string of the molecule is CCc1cccc(NC(=O)Cn2c(=O)c(-c3noc(CC)n3)c3n(c2=O)CCCC3)c1. The molecule has 0 aliphatic carbocycles. The molecule has 162 valence electrons. The van der Waals surface area contributed by atoms with Gasteiger partial charge in [0.1, 0.15) is 12.1 Å². The summed E-state index contributed by atoms with van der Waals surface area (Å²) in [6.07, 6.45) is 3.64. The van der Waals surface area contributed by atoms with Crippen molar-refractivity contribution in [3.8, 4) is 11.4 Å². The highest BCUT2D eigenvalue weighted by atomic mass is 16.5. The van der Waals surface area contributed by atoms with Gasteiger partial charge in [-0.3, -0.25) is 18.7 Å². The van der Waals surface area contributed by atoms with E-state index in [2.05, 4.69) is 15.5 Å². The maximum atomic E-state index is 13.3. The molecule has 0 unspecified atom stereocenters. The molecule has 1 aliphatic rings. The van der Waals surface area contributed by atoms with Gasteiger partial charge in [-0.15, -0.1) is 0 Å². The fourth-order valence-corrected chi connectivity index (χ4v) is 3.87. The molecule has 4 rings (SSSR count). The molecule has 1 N–H and O–H groups in total. The van der Waals surface area contributed by atoms with Gasteiger partial charge < -0.3 is 9.84 Å². The van der Waals surface area contributed by atoms with Crippen LogP contribution in [0.5, 0.6) is 0 Å². The van der Waals surface area contributed by atoms with Crippen LogP contribution in [0.2, 0.25) is 0 Å². The van der Waals surface area contributed by atoms with Crippen LogP contribution in [0.4, 0.5) is 5.69 Å². The second-order valence-corrected chi connectivity index (χ2v) is 7.57. The van der Waals surface area contributed by atoms with Crippen molar-refractivity contribution < 1.29 is 9.32 Å². The molecule has 0 radical (unpaired) electrons. The molecule has 0 saturated carbocycles. The quantitative estimate of drug-likeness (QED) is 0.650. The molecule has 1 amide bonds. The third-order valence-electron chi connectivity index (χ3n) is 5.50. The Morgan fingerprint density at radius 2 is 2.03 bits per heavy atom. The first-order valence-corrected chi connectivity index (χ1v) is 10.6. The molecule has 0 bridgehead atoms. The fraction of sp³-hybridized carbons (Fsp3) is 0.409. The highest BCUT2D eigenvalue weighted by molar-refractivity contribution is 5.90. The van der Waals surface area contributed by atoms with E-state index in [0.717, 1.165) is 29.4 Å². The Morgan fingerprint density at radius 3 is 2.77 bits per heavy atom. The zero-order valence-corrected chi connectivity index (χ0v) is 17.7. The molecule has 1 aromatic carbocycles. The summed E-state index contributed by atoms with van der Waals surface area (Å²) < 4.78 is 7.72. The van der Waals surface area contributed by atoms with Crippen molar-refractivity contribution >= 4 is 11.6 Å². The Hall–Kier alpha value is -3.49. The minimum atomic E-state index is -0.570. The highest BCUT2D eigenvalue weighted by Gasteiger charge is 2.26. The second kappa shape index (κ2) is 8.71. The van der Waals surface area contributed by atoms with Gasteiger partial charge in [0.2, 0.25) is 17.6 Å². The van der Waals surface area contributed by atoms with Crippen LogP contribution in [0.25, 0.3) is 11.4 Å². The van der Waals surface area contributed by atoms with Crippen LogP contribution >= 0.6 is 0 Å². The highest BCUT2D eigenvalue weighted by Crippen LogP contribution is 2.22. The standard InChI is InChI=1S/C22H25N5O4/c1-3-14-8-7-9-15(12-14)23-17(28)13-27-21(29)19(20-24-18(4-2)31-25-20)16-10-5-6-11-26(16)22(27)30/h7-9,12H,3-6,10-11,13H2,1-2H3,(H,23,28). The number of nitrogens with zero attached hydrogens (tertiary/aromatic N) is 4. The van der Waals surface area contributed by atoms with E-state index in [-0.39, 0.29) is 17.9 Å². The lowest BCUT2D eigenvalue weighted by molar-refractivity contribution is -0.116. The molecular formula is C22H25N5O4. The summed E-state index contributed by atoms with van der Waals surface area (Å²) in [5.41, 5.74) is 1.50. The summed E-state index contributed by atoms with van der Waals surface area (Å²) in [5, 5.41) is 6.72. The summed E-state index contributed by atoms with van der Waals surface area (Å²) in [6, 6.07) is 7.47. The van der Waals surface area contributed by atoms with Crippen LogP contribution in [0.1, 0.15) is 43.8 Å². The first-order valence-electron chi connectivity index (χ1n) is 10.6. The third-order valence-corrected chi connectivity index (χ3v) is 5.50. The number of benzene rings is 1. The van der Waals surface area contributed by atoms with E-state index >= 15 is 0 Å². The van der Waals surface area contributed by atoms with E-state index in [1.807, 2.05) is 32.0 Å². The maximum absolute atomic E-state index is 13.3. The Morgan fingerprint density at radius 1 is 1.19 bits per heavy atom. The first-order chi connectivity index (χ1) is 15.0. The van der Waals surface area contributed by atoms with Gasteiger partial charge in [0.05, 0.1) is 0 Å². The van der Waals surface area contributed by atoms with Crippen LogP contribution < -0.4 is 16.6 Å². The summed E-state index contributed by atoms with van der Waals surface area (Å²) in [7, 11) is 0. The van der Waals surface area contributed by atoms with Crippen molar-refractivity contribution in [1.29, 1.82) is 0 Å². The monoisotopic (exact) mass is 423 g/mol. The van der Waals surface area contributed by atoms with Crippen LogP contribution in [-0.4, -0.2) is 25.2 Å². The Bertz CT molecular complexity index is 1240. The minimum absolute atomic E-state index is 0.164. The average Bonchev–Trinajstić information content (AvgIpc) is 3.26. The molecular weight excluding hydrogens is 398 g/mol. The van der Waals surface area contributed by atoms with Crippen LogP contribution in [0.3, 0.4) is 0 Å². The van der Waals surface area contributed by atoms with Gasteiger partial charge in [-0.05, 0) is 43.4 Å². The predicted molar refractivity (Wildman–Crippen MR) is 115 cm³/mol. The van der Waals surface area contributed by atoms with Crippen LogP contribution in [-0.2, 0) is 37.1 Å². The molecule has 31 heavy (non-hydrogen) atoms. The number of carbonyl (C=O) groups is 1. The number of hydrogen-bond donors (Lipinski definition) is 1. The zero-order chi connectivity index (χ0) is 22.0. The number of amides is 1. The number of carbonyl (C=O) groups excluding carboxylic acids is 1. The Balaban J connectivity index is 1.73. The van der Waals surface area contributed by atoms with E-state index < -0.39 is 17.2 Å². The number of fused-ring (bicyclic) bond motifs is 1. The normalized spacial score (nSPS) is 13.1. The summed E-state index contributed by atoms with van der Waals surface area (Å²) in [6.45, 7) is 4.00. The lowest BCUT2D eigenvalue weighted by Gasteiger charge is -2.21. The van der Waals surface area contributed by atoms with E-state index in [0.29, 0.717) is 36.7 Å². The van der Waals surface area contributed by atoms with Crippen molar-refractivity contribution in [2.45, 2.75) is 59.0 Å². The lowest BCUT2D eigenvalue weighted by Crippen LogP contribution is -2.45. The Kier molecular flexibility index (Phi) is 5.83. The van der Waals surface area contributed by atoms with Crippen molar-refractivity contribution in [3.05, 3.63) is 62.3 Å². The average molecular weight is 423 g/mol.